The zero-order chi connectivity index (χ0) is 22.3. The zero-order valence-electron chi connectivity index (χ0n) is 18.5. The van der Waals surface area contributed by atoms with E-state index in [4.69, 9.17) is 10.5 Å². The highest BCUT2D eigenvalue weighted by Gasteiger charge is 2.28. The smallest absolute Gasteiger partial charge is 0.254 e. The van der Waals surface area contributed by atoms with Crippen LogP contribution in [0.15, 0.2) is 48.5 Å². The number of piperazine rings is 1. The van der Waals surface area contributed by atoms with Crippen LogP contribution in [0.25, 0.3) is 0 Å². The molecule has 2 heterocycles. The molecule has 2 aliphatic heterocycles. The first-order valence-electron chi connectivity index (χ1n) is 11.5. The zero-order valence-corrected chi connectivity index (χ0v) is 18.5. The number of anilines is 2. The second-order valence-electron chi connectivity index (χ2n) is 8.49. The molecule has 2 aromatic carbocycles. The number of nitrogens with zero attached hydrogens (tertiary/aromatic N) is 3. The molecule has 0 saturated carbocycles. The van der Waals surface area contributed by atoms with Crippen molar-refractivity contribution < 1.29 is 14.3 Å². The van der Waals surface area contributed by atoms with E-state index in [1.807, 2.05) is 24.3 Å². The van der Waals surface area contributed by atoms with E-state index in [-0.39, 0.29) is 18.4 Å². The highest BCUT2D eigenvalue weighted by Crippen LogP contribution is 2.22. The lowest BCUT2D eigenvalue weighted by Gasteiger charge is -2.34. The number of nitrogens with two attached hydrogens (primary N) is 1. The lowest BCUT2D eigenvalue weighted by atomic mass is 10.1. The van der Waals surface area contributed by atoms with Crippen molar-refractivity contribution in [3.05, 3.63) is 54.1 Å². The van der Waals surface area contributed by atoms with Gasteiger partial charge in [0.2, 0.25) is 5.91 Å². The number of likely N-dealkylation sites (tertiary alicyclic amines) is 1. The van der Waals surface area contributed by atoms with E-state index in [0.29, 0.717) is 30.9 Å². The summed E-state index contributed by atoms with van der Waals surface area (Å²) in [7, 11) is 0. The summed E-state index contributed by atoms with van der Waals surface area (Å²) >= 11 is 0. The summed E-state index contributed by atoms with van der Waals surface area (Å²) in [6.45, 7) is 5.23. The Kier molecular flexibility index (Phi) is 7.27. The van der Waals surface area contributed by atoms with Gasteiger partial charge in [-0.05, 0) is 80.9 Å². The summed E-state index contributed by atoms with van der Waals surface area (Å²) in [5, 5.41) is 0. The van der Waals surface area contributed by atoms with Crippen LogP contribution in [0.4, 0.5) is 11.4 Å². The molecular weight excluding hydrogens is 404 g/mol. The minimum absolute atomic E-state index is 0.0674. The molecule has 0 radical (unpaired) electrons. The van der Waals surface area contributed by atoms with E-state index in [2.05, 4.69) is 4.90 Å². The average Bonchev–Trinajstić information content (AvgIpc) is 2.83. The van der Waals surface area contributed by atoms with Crippen molar-refractivity contribution >= 4 is 23.2 Å². The van der Waals surface area contributed by atoms with Gasteiger partial charge in [-0.3, -0.25) is 9.59 Å². The fourth-order valence-corrected chi connectivity index (χ4v) is 4.31. The summed E-state index contributed by atoms with van der Waals surface area (Å²) in [6.07, 6.45) is 5.00. The lowest BCUT2D eigenvalue weighted by Crippen LogP contribution is -2.52. The second-order valence-corrected chi connectivity index (χ2v) is 8.49. The molecule has 2 aromatic rings. The first kappa shape index (κ1) is 22.1. The maximum absolute atomic E-state index is 12.7. The Morgan fingerprint density at radius 3 is 2.31 bits per heavy atom. The normalized spacial score (nSPS) is 17.4. The molecule has 32 heavy (non-hydrogen) atoms. The molecule has 0 aromatic heterocycles. The van der Waals surface area contributed by atoms with Crippen molar-refractivity contribution in [1.29, 1.82) is 0 Å². The molecule has 7 heteroatoms. The van der Waals surface area contributed by atoms with Crippen molar-refractivity contribution in [3.63, 3.8) is 0 Å². The Labute approximate surface area is 189 Å². The van der Waals surface area contributed by atoms with Crippen LogP contribution < -0.4 is 15.4 Å². The topological polar surface area (TPSA) is 79.1 Å². The third kappa shape index (κ3) is 5.59. The third-order valence-electron chi connectivity index (χ3n) is 6.15. The largest absolute Gasteiger partial charge is 0.494 e. The number of rotatable bonds is 7. The Hall–Kier alpha value is -3.06. The van der Waals surface area contributed by atoms with Gasteiger partial charge in [0.15, 0.2) is 0 Å². The molecule has 0 atom stereocenters. The SMILES string of the molecule is Nc1ccc(C(=O)N2CCN(c3ccc(OCCCN4CCCCC4)cc3)C(=O)C2)cc1. The van der Waals surface area contributed by atoms with Gasteiger partial charge in [-0.1, -0.05) is 6.42 Å². The van der Waals surface area contributed by atoms with Crippen LogP contribution in [0.3, 0.4) is 0 Å². The number of nitrogen functional groups attached to an aromatic ring is 1. The number of hydrogen-bond acceptors (Lipinski definition) is 5. The molecule has 0 bridgehead atoms. The molecular formula is C25H32N4O3. The van der Waals surface area contributed by atoms with Crippen molar-refractivity contribution in [2.75, 3.05) is 56.5 Å². The predicted molar refractivity (Wildman–Crippen MR) is 126 cm³/mol. The van der Waals surface area contributed by atoms with E-state index in [1.165, 1.54) is 32.4 Å². The maximum Gasteiger partial charge on any atom is 0.254 e. The Balaban J connectivity index is 1.25. The van der Waals surface area contributed by atoms with Crippen LogP contribution in [0, 0.1) is 0 Å². The van der Waals surface area contributed by atoms with Gasteiger partial charge >= 0.3 is 0 Å². The summed E-state index contributed by atoms with van der Waals surface area (Å²) in [5.41, 5.74) is 7.67. The molecule has 2 aliphatic rings. The van der Waals surface area contributed by atoms with Crippen molar-refractivity contribution in [1.82, 2.24) is 9.80 Å². The first-order valence-corrected chi connectivity index (χ1v) is 11.5. The van der Waals surface area contributed by atoms with E-state index in [0.717, 1.165) is 24.4 Å². The molecule has 0 aliphatic carbocycles. The van der Waals surface area contributed by atoms with Crippen LogP contribution in [-0.2, 0) is 4.79 Å². The molecule has 2 saturated heterocycles. The standard InChI is InChI=1S/C25H32N4O3/c26-21-7-5-20(6-8-21)25(31)28-16-17-29(24(30)19-28)22-9-11-23(12-10-22)32-18-4-15-27-13-2-1-3-14-27/h5-12H,1-4,13-19,26H2. The third-order valence-corrected chi connectivity index (χ3v) is 6.15. The van der Waals surface area contributed by atoms with Gasteiger partial charge in [0, 0.05) is 36.6 Å². The minimum Gasteiger partial charge on any atom is -0.494 e. The van der Waals surface area contributed by atoms with Crippen LogP contribution >= 0.6 is 0 Å². The molecule has 0 unspecified atom stereocenters. The maximum atomic E-state index is 12.7. The highest BCUT2D eigenvalue weighted by atomic mass is 16.5. The van der Waals surface area contributed by atoms with Crippen molar-refractivity contribution in [2.45, 2.75) is 25.7 Å². The van der Waals surface area contributed by atoms with E-state index < -0.39 is 0 Å². The Morgan fingerprint density at radius 2 is 1.62 bits per heavy atom. The molecule has 0 spiro atoms. The number of amides is 2. The number of hydrogen-bond donors (Lipinski definition) is 1. The summed E-state index contributed by atoms with van der Waals surface area (Å²) in [4.78, 5) is 31.2. The fraction of sp³-hybridized carbons (Fsp3) is 0.440. The molecule has 2 fully saturated rings. The number of piperidine rings is 1. The van der Waals surface area contributed by atoms with Gasteiger partial charge in [-0.25, -0.2) is 0 Å². The molecule has 2 amide bonds. The van der Waals surface area contributed by atoms with Crippen LogP contribution in [0.5, 0.6) is 5.75 Å². The van der Waals surface area contributed by atoms with E-state index in [9.17, 15) is 9.59 Å². The Bertz CT molecular complexity index is 908. The van der Waals surface area contributed by atoms with Crippen LogP contribution in [0.1, 0.15) is 36.0 Å². The second kappa shape index (κ2) is 10.5. The monoisotopic (exact) mass is 436 g/mol. The first-order chi connectivity index (χ1) is 15.6. The van der Waals surface area contributed by atoms with Crippen LogP contribution in [-0.4, -0.2) is 67.5 Å². The van der Waals surface area contributed by atoms with Gasteiger partial charge in [0.25, 0.3) is 5.91 Å². The van der Waals surface area contributed by atoms with Crippen molar-refractivity contribution in [3.8, 4) is 5.75 Å². The summed E-state index contributed by atoms with van der Waals surface area (Å²) in [5.74, 6) is 0.582. The van der Waals surface area contributed by atoms with Gasteiger partial charge in [-0.15, -0.1) is 0 Å². The van der Waals surface area contributed by atoms with Gasteiger partial charge in [-0.2, -0.15) is 0 Å². The number of benzene rings is 2. The summed E-state index contributed by atoms with van der Waals surface area (Å²) < 4.78 is 5.88. The van der Waals surface area contributed by atoms with Gasteiger partial charge < -0.3 is 25.2 Å². The fourth-order valence-electron chi connectivity index (χ4n) is 4.31. The van der Waals surface area contributed by atoms with E-state index >= 15 is 0 Å². The quantitative estimate of drug-likeness (QED) is 0.533. The van der Waals surface area contributed by atoms with Gasteiger partial charge in [0.05, 0.1) is 6.61 Å². The Morgan fingerprint density at radius 1 is 0.906 bits per heavy atom. The lowest BCUT2D eigenvalue weighted by molar-refractivity contribution is -0.120. The molecule has 4 rings (SSSR count). The summed E-state index contributed by atoms with van der Waals surface area (Å²) in [6, 6.07) is 14.4. The molecule has 2 N–H and O–H groups in total. The molecule has 170 valence electrons. The van der Waals surface area contributed by atoms with Gasteiger partial charge in [0.1, 0.15) is 12.3 Å². The average molecular weight is 437 g/mol. The number of carbonyl (C=O) groups is 2. The highest BCUT2D eigenvalue weighted by molar-refractivity contribution is 6.01. The number of ether oxygens (including phenoxy) is 1. The minimum atomic E-state index is -0.147. The van der Waals surface area contributed by atoms with Crippen molar-refractivity contribution in [2.24, 2.45) is 0 Å². The number of carbonyl (C=O) groups excluding carboxylic acids is 2. The van der Waals surface area contributed by atoms with E-state index in [1.54, 1.807) is 34.1 Å². The molecule has 7 nitrogen and oxygen atoms in total. The predicted octanol–water partition coefficient (Wildman–Crippen LogP) is 3.01. The van der Waals surface area contributed by atoms with Crippen LogP contribution in [0.2, 0.25) is 0 Å².